The quantitative estimate of drug-likeness (QED) is 0.740. The molecule has 0 unspecified atom stereocenters. The molecule has 2 rings (SSSR count). The van der Waals surface area contributed by atoms with Gasteiger partial charge in [-0.3, -0.25) is 4.90 Å². The summed E-state index contributed by atoms with van der Waals surface area (Å²) in [4.78, 5) is 13.7. The van der Waals surface area contributed by atoms with Crippen LogP contribution in [0.2, 0.25) is 0 Å². The van der Waals surface area contributed by atoms with Crippen LogP contribution in [0.4, 0.5) is 4.79 Å². The number of carbonyl (C=O) groups is 1. The second kappa shape index (κ2) is 6.33. The highest BCUT2D eigenvalue weighted by Crippen LogP contribution is 2.28. The fourth-order valence-corrected chi connectivity index (χ4v) is 2.84. The largest absolute Gasteiger partial charge is 0.444 e. The van der Waals surface area contributed by atoms with Crippen LogP contribution in [0.3, 0.4) is 0 Å². The third kappa shape index (κ3) is 4.65. The van der Waals surface area contributed by atoms with Gasteiger partial charge in [-0.25, -0.2) is 4.79 Å². The van der Waals surface area contributed by atoms with Crippen molar-refractivity contribution in [2.45, 2.75) is 77.5 Å². The summed E-state index contributed by atoms with van der Waals surface area (Å²) in [6, 6.07) is 0.202. The van der Waals surface area contributed by atoms with Crippen molar-refractivity contribution >= 4 is 6.09 Å². The van der Waals surface area contributed by atoms with Crippen LogP contribution in [0.1, 0.15) is 59.8 Å². The van der Waals surface area contributed by atoms with Crippen LogP contribution < -0.4 is 0 Å². The second-order valence-corrected chi connectivity index (χ2v) is 7.24. The average molecular weight is 283 g/mol. The Morgan fingerprint density at radius 1 is 1.25 bits per heavy atom. The van der Waals surface area contributed by atoms with Gasteiger partial charge in [-0.05, 0) is 46.5 Å². The fourth-order valence-electron chi connectivity index (χ4n) is 2.84. The minimum absolute atomic E-state index is 0.115. The van der Waals surface area contributed by atoms with Crippen LogP contribution in [0.15, 0.2) is 0 Å². The van der Waals surface area contributed by atoms with Crippen LogP contribution >= 0.6 is 0 Å². The van der Waals surface area contributed by atoms with Gasteiger partial charge in [0.2, 0.25) is 0 Å². The zero-order chi connectivity index (χ0) is 14.8. The van der Waals surface area contributed by atoms with Crippen LogP contribution in [-0.4, -0.2) is 41.9 Å². The maximum atomic E-state index is 11.9. The lowest BCUT2D eigenvalue weighted by atomic mass is 9.90. The molecule has 1 amide bonds. The van der Waals surface area contributed by atoms with Gasteiger partial charge in [-0.1, -0.05) is 19.3 Å². The highest BCUT2D eigenvalue weighted by Gasteiger charge is 2.45. The van der Waals surface area contributed by atoms with Crippen LogP contribution in [-0.2, 0) is 9.47 Å². The van der Waals surface area contributed by atoms with E-state index in [-0.39, 0.29) is 18.2 Å². The molecule has 4 nitrogen and oxygen atoms in total. The molecule has 1 saturated carbocycles. The summed E-state index contributed by atoms with van der Waals surface area (Å²) >= 11 is 0. The van der Waals surface area contributed by atoms with E-state index < -0.39 is 5.60 Å². The summed E-state index contributed by atoms with van der Waals surface area (Å²) in [5.74, 6) is 0.722. The highest BCUT2D eigenvalue weighted by molar-refractivity contribution is 5.71. The molecular weight excluding hydrogens is 254 g/mol. The number of amides is 1. The van der Waals surface area contributed by atoms with Gasteiger partial charge in [0.25, 0.3) is 0 Å². The molecule has 0 bridgehead atoms. The van der Waals surface area contributed by atoms with E-state index in [9.17, 15) is 4.79 Å². The monoisotopic (exact) mass is 283 g/mol. The van der Waals surface area contributed by atoms with Crippen molar-refractivity contribution in [2.75, 3.05) is 13.2 Å². The molecule has 0 aromatic heterocycles. The predicted octanol–water partition coefficient (Wildman–Crippen LogP) is 3.59. The smallest absolute Gasteiger partial charge is 0.410 e. The Bertz CT molecular complexity index is 331. The number of hydrogen-bond donors (Lipinski definition) is 0. The van der Waals surface area contributed by atoms with Gasteiger partial charge in [-0.15, -0.1) is 0 Å². The lowest BCUT2D eigenvalue weighted by molar-refractivity contribution is 0.0136. The van der Waals surface area contributed by atoms with Crippen molar-refractivity contribution in [1.29, 1.82) is 0 Å². The minimum Gasteiger partial charge on any atom is -0.444 e. The maximum Gasteiger partial charge on any atom is 0.410 e. The Kier molecular flexibility index (Phi) is 4.95. The Morgan fingerprint density at radius 2 is 1.90 bits per heavy atom. The van der Waals surface area contributed by atoms with E-state index in [2.05, 4.69) is 6.92 Å². The van der Waals surface area contributed by atoms with E-state index in [1.165, 1.54) is 32.1 Å². The highest BCUT2D eigenvalue weighted by atomic mass is 16.6. The van der Waals surface area contributed by atoms with Gasteiger partial charge in [0, 0.05) is 13.2 Å². The molecule has 0 N–H and O–H groups in total. The van der Waals surface area contributed by atoms with E-state index in [1.54, 1.807) is 4.90 Å². The molecule has 2 fully saturated rings. The van der Waals surface area contributed by atoms with E-state index in [0.717, 1.165) is 19.1 Å². The number of ether oxygens (including phenoxy) is 2. The molecule has 2 aliphatic rings. The van der Waals surface area contributed by atoms with E-state index in [1.807, 2.05) is 20.8 Å². The van der Waals surface area contributed by atoms with E-state index in [4.69, 9.17) is 9.47 Å². The van der Waals surface area contributed by atoms with Crippen molar-refractivity contribution in [1.82, 2.24) is 4.90 Å². The van der Waals surface area contributed by atoms with E-state index in [0.29, 0.717) is 0 Å². The first kappa shape index (κ1) is 15.6. The normalized spacial score (nSPS) is 25.4. The van der Waals surface area contributed by atoms with Crippen LogP contribution in [0.5, 0.6) is 0 Å². The molecular formula is C16H29NO3. The summed E-state index contributed by atoms with van der Waals surface area (Å²) in [5, 5.41) is 0. The number of hydrogen-bond acceptors (Lipinski definition) is 3. The Labute approximate surface area is 122 Å². The molecule has 0 radical (unpaired) electrons. The first-order chi connectivity index (χ1) is 9.37. The number of rotatable bonds is 4. The van der Waals surface area contributed by atoms with E-state index >= 15 is 0 Å². The topological polar surface area (TPSA) is 38.5 Å². The molecule has 20 heavy (non-hydrogen) atoms. The predicted molar refractivity (Wildman–Crippen MR) is 78.7 cm³/mol. The van der Waals surface area contributed by atoms with Gasteiger partial charge in [0.05, 0.1) is 12.1 Å². The van der Waals surface area contributed by atoms with Gasteiger partial charge < -0.3 is 9.47 Å². The summed E-state index contributed by atoms with van der Waals surface area (Å²) in [6.07, 6.45) is 6.56. The average Bonchev–Trinajstić information content (AvgIpc) is 3.15. The molecule has 0 aromatic carbocycles. The standard InChI is InChI=1S/C16H29NO3/c1-12(19-11-13-8-6-5-7-9-13)14-10-17(14)15(18)20-16(2,3)4/h12-14H,5-11H2,1-4H3/t12-,14-,17?/m1/s1. The Hall–Kier alpha value is -0.770. The Balaban J connectivity index is 1.67. The van der Waals surface area contributed by atoms with Crippen molar-refractivity contribution < 1.29 is 14.3 Å². The SMILES string of the molecule is C[C@@H](OCC1CCCCC1)[C@H]1CN1C(=O)OC(C)(C)C. The zero-order valence-corrected chi connectivity index (χ0v) is 13.4. The van der Waals surface area contributed by atoms with Crippen LogP contribution in [0, 0.1) is 5.92 Å². The molecule has 4 heteroatoms. The molecule has 0 spiro atoms. The minimum atomic E-state index is -0.420. The molecule has 2 atom stereocenters. The van der Waals surface area contributed by atoms with Gasteiger partial charge in [-0.2, -0.15) is 0 Å². The molecule has 1 aliphatic carbocycles. The molecule has 1 heterocycles. The first-order valence-corrected chi connectivity index (χ1v) is 7.98. The third-order valence-electron chi connectivity index (χ3n) is 4.14. The maximum absolute atomic E-state index is 11.9. The van der Waals surface area contributed by atoms with Crippen molar-refractivity contribution in [3.05, 3.63) is 0 Å². The van der Waals surface area contributed by atoms with Crippen LogP contribution in [0.25, 0.3) is 0 Å². The lowest BCUT2D eigenvalue weighted by Crippen LogP contribution is -2.30. The number of carbonyl (C=O) groups excluding carboxylic acids is 1. The van der Waals surface area contributed by atoms with Gasteiger partial charge in [0.15, 0.2) is 0 Å². The fraction of sp³-hybridized carbons (Fsp3) is 0.938. The Morgan fingerprint density at radius 3 is 2.50 bits per heavy atom. The molecule has 0 aromatic rings. The third-order valence-corrected chi connectivity index (χ3v) is 4.14. The summed E-state index contributed by atoms with van der Waals surface area (Å²) in [5.41, 5.74) is -0.420. The molecule has 1 saturated heterocycles. The first-order valence-electron chi connectivity index (χ1n) is 7.98. The van der Waals surface area contributed by atoms with Gasteiger partial charge in [0.1, 0.15) is 5.60 Å². The number of nitrogens with zero attached hydrogens (tertiary/aromatic N) is 1. The summed E-state index contributed by atoms with van der Waals surface area (Å²) in [6.45, 7) is 9.36. The zero-order valence-electron chi connectivity index (χ0n) is 13.4. The second-order valence-electron chi connectivity index (χ2n) is 7.24. The molecule has 1 aliphatic heterocycles. The van der Waals surface area contributed by atoms with Crippen molar-refractivity contribution in [3.8, 4) is 0 Å². The van der Waals surface area contributed by atoms with Crippen molar-refractivity contribution in [3.63, 3.8) is 0 Å². The summed E-state index contributed by atoms with van der Waals surface area (Å²) in [7, 11) is 0. The lowest BCUT2D eigenvalue weighted by Gasteiger charge is -2.24. The van der Waals surface area contributed by atoms with Gasteiger partial charge >= 0.3 is 6.09 Å². The summed E-state index contributed by atoms with van der Waals surface area (Å²) < 4.78 is 11.3. The molecule has 116 valence electrons. The van der Waals surface area contributed by atoms with Crippen molar-refractivity contribution in [2.24, 2.45) is 5.92 Å².